The van der Waals surface area contributed by atoms with Crippen molar-refractivity contribution in [1.29, 1.82) is 0 Å². The molecule has 0 radical (unpaired) electrons. The summed E-state index contributed by atoms with van der Waals surface area (Å²) in [4.78, 5) is 4.10. The van der Waals surface area contributed by atoms with Crippen molar-refractivity contribution in [2.75, 3.05) is 0 Å². The normalized spacial score (nSPS) is 16.4. The predicted molar refractivity (Wildman–Crippen MR) is 57.7 cm³/mol. The summed E-state index contributed by atoms with van der Waals surface area (Å²) in [5.41, 5.74) is 1.02. The van der Waals surface area contributed by atoms with Crippen LogP contribution in [0.25, 0.3) is 10.9 Å². The van der Waals surface area contributed by atoms with Gasteiger partial charge in [0.2, 0.25) is 0 Å². The van der Waals surface area contributed by atoms with E-state index in [9.17, 15) is 17.6 Å². The molecule has 0 atom stereocenters. The van der Waals surface area contributed by atoms with E-state index in [0.29, 0.717) is 5.92 Å². The van der Waals surface area contributed by atoms with E-state index in [0.717, 1.165) is 29.3 Å². The molecular formula is C12H10F4N2. The maximum atomic E-state index is 13.5. The molecule has 1 aliphatic carbocycles. The topological polar surface area (TPSA) is 17.8 Å². The lowest BCUT2D eigenvalue weighted by molar-refractivity contribution is -0.139. The zero-order valence-electron chi connectivity index (χ0n) is 9.34. The fourth-order valence-corrected chi connectivity index (χ4v) is 2.08. The lowest BCUT2D eigenvalue weighted by Crippen LogP contribution is -2.16. The molecule has 2 aromatic heterocycles. The number of hydrogen-bond donors (Lipinski definition) is 0. The van der Waals surface area contributed by atoms with Crippen molar-refractivity contribution in [1.82, 2.24) is 9.55 Å². The van der Waals surface area contributed by atoms with E-state index < -0.39 is 18.5 Å². The second kappa shape index (κ2) is 3.70. The highest BCUT2D eigenvalue weighted by Gasteiger charge is 2.30. The van der Waals surface area contributed by atoms with Crippen LogP contribution in [0.1, 0.15) is 24.5 Å². The number of rotatable bonds is 2. The maximum absolute atomic E-state index is 13.5. The molecule has 96 valence electrons. The Balaban J connectivity index is 2.09. The summed E-state index contributed by atoms with van der Waals surface area (Å²) in [6.07, 6.45) is -0.148. The van der Waals surface area contributed by atoms with Crippen LogP contribution in [0.4, 0.5) is 17.6 Å². The average Bonchev–Trinajstić information content (AvgIpc) is 3.05. The fourth-order valence-electron chi connectivity index (χ4n) is 2.08. The van der Waals surface area contributed by atoms with Crippen LogP contribution in [0.15, 0.2) is 18.5 Å². The minimum absolute atomic E-state index is 0.142. The van der Waals surface area contributed by atoms with Crippen molar-refractivity contribution in [2.45, 2.75) is 31.5 Å². The summed E-state index contributed by atoms with van der Waals surface area (Å²) in [6.45, 7) is -1.18. The van der Waals surface area contributed by atoms with Gasteiger partial charge in [-0.05, 0) is 18.9 Å². The highest BCUT2D eigenvalue weighted by atomic mass is 19.4. The monoisotopic (exact) mass is 258 g/mol. The maximum Gasteiger partial charge on any atom is 0.406 e. The molecule has 0 bridgehead atoms. The number of aromatic nitrogens is 2. The van der Waals surface area contributed by atoms with E-state index in [1.165, 1.54) is 6.20 Å². The van der Waals surface area contributed by atoms with Gasteiger partial charge in [0.25, 0.3) is 0 Å². The zero-order chi connectivity index (χ0) is 12.9. The van der Waals surface area contributed by atoms with Gasteiger partial charge < -0.3 is 4.57 Å². The lowest BCUT2D eigenvalue weighted by Gasteiger charge is -2.09. The van der Waals surface area contributed by atoms with Gasteiger partial charge in [0.05, 0.1) is 10.9 Å². The molecule has 6 heteroatoms. The molecule has 1 aliphatic rings. The van der Waals surface area contributed by atoms with E-state index >= 15 is 0 Å². The van der Waals surface area contributed by atoms with Crippen LogP contribution in [0.3, 0.4) is 0 Å². The number of nitrogens with zero attached hydrogens (tertiary/aromatic N) is 2. The standard InChI is InChI=1S/C12H10F4N2/c13-9-5-18(6-12(14,15)16)11-3-10(7-1-2-7)17-4-8(9)11/h3-5,7H,1-2,6H2. The van der Waals surface area contributed by atoms with Gasteiger partial charge in [-0.3, -0.25) is 4.98 Å². The van der Waals surface area contributed by atoms with Gasteiger partial charge in [-0.15, -0.1) is 0 Å². The van der Waals surface area contributed by atoms with Crippen molar-refractivity contribution < 1.29 is 17.6 Å². The smallest absolute Gasteiger partial charge is 0.335 e. The third kappa shape index (κ3) is 2.07. The first-order valence-corrected chi connectivity index (χ1v) is 5.65. The summed E-state index contributed by atoms with van der Waals surface area (Å²) in [6, 6.07) is 1.57. The molecule has 0 saturated heterocycles. The highest BCUT2D eigenvalue weighted by molar-refractivity contribution is 5.80. The molecule has 1 saturated carbocycles. The summed E-state index contributed by atoms with van der Waals surface area (Å²) in [7, 11) is 0. The average molecular weight is 258 g/mol. The van der Waals surface area contributed by atoms with Crippen LogP contribution in [-0.4, -0.2) is 15.7 Å². The summed E-state index contributed by atoms with van der Waals surface area (Å²) < 4.78 is 51.6. The summed E-state index contributed by atoms with van der Waals surface area (Å²) in [5, 5.41) is 0.142. The van der Waals surface area contributed by atoms with E-state index in [1.54, 1.807) is 6.07 Å². The predicted octanol–water partition coefficient (Wildman–Crippen LogP) is 3.62. The van der Waals surface area contributed by atoms with Crippen molar-refractivity contribution >= 4 is 10.9 Å². The quantitative estimate of drug-likeness (QED) is 0.752. The van der Waals surface area contributed by atoms with Gasteiger partial charge in [0.1, 0.15) is 12.4 Å². The third-order valence-corrected chi connectivity index (χ3v) is 3.08. The minimum Gasteiger partial charge on any atom is -0.335 e. The molecule has 0 unspecified atom stereocenters. The molecule has 0 N–H and O–H groups in total. The summed E-state index contributed by atoms with van der Waals surface area (Å²) in [5.74, 6) is -0.337. The molecular weight excluding hydrogens is 248 g/mol. The molecule has 0 amide bonds. The number of fused-ring (bicyclic) bond motifs is 1. The van der Waals surface area contributed by atoms with E-state index in [4.69, 9.17) is 0 Å². The Morgan fingerprint density at radius 3 is 2.67 bits per heavy atom. The second-order valence-electron chi connectivity index (χ2n) is 4.62. The molecule has 18 heavy (non-hydrogen) atoms. The summed E-state index contributed by atoms with van der Waals surface area (Å²) >= 11 is 0. The SMILES string of the molecule is Fc1cn(CC(F)(F)F)c2cc(C3CC3)ncc12. The molecule has 0 spiro atoms. The Morgan fingerprint density at radius 2 is 2.06 bits per heavy atom. The number of pyridine rings is 1. The van der Waals surface area contributed by atoms with Crippen LogP contribution in [0.2, 0.25) is 0 Å². The van der Waals surface area contributed by atoms with Crippen LogP contribution >= 0.6 is 0 Å². The third-order valence-electron chi connectivity index (χ3n) is 3.08. The molecule has 0 aromatic carbocycles. The number of halogens is 4. The second-order valence-corrected chi connectivity index (χ2v) is 4.62. The van der Waals surface area contributed by atoms with Crippen molar-refractivity contribution in [2.24, 2.45) is 0 Å². The Kier molecular flexibility index (Phi) is 2.36. The highest BCUT2D eigenvalue weighted by Crippen LogP contribution is 2.40. The Labute approximate surface area is 100 Å². The van der Waals surface area contributed by atoms with Gasteiger partial charge in [0, 0.05) is 24.0 Å². The van der Waals surface area contributed by atoms with Gasteiger partial charge >= 0.3 is 6.18 Å². The first-order valence-electron chi connectivity index (χ1n) is 5.65. The minimum atomic E-state index is -4.36. The van der Waals surface area contributed by atoms with Gasteiger partial charge in [0.15, 0.2) is 0 Å². The lowest BCUT2D eigenvalue weighted by atomic mass is 10.2. The number of hydrogen-bond acceptors (Lipinski definition) is 1. The first-order chi connectivity index (χ1) is 8.44. The largest absolute Gasteiger partial charge is 0.406 e. The molecule has 3 rings (SSSR count). The van der Waals surface area contributed by atoms with Crippen molar-refractivity contribution in [3.05, 3.63) is 30.0 Å². The Morgan fingerprint density at radius 1 is 1.33 bits per heavy atom. The Hall–Kier alpha value is -1.59. The van der Waals surface area contributed by atoms with Crippen molar-refractivity contribution in [3.63, 3.8) is 0 Å². The first kappa shape index (κ1) is 11.5. The van der Waals surface area contributed by atoms with Crippen LogP contribution in [0.5, 0.6) is 0 Å². The van der Waals surface area contributed by atoms with Gasteiger partial charge in [-0.2, -0.15) is 13.2 Å². The Bertz CT molecular complexity index is 596. The van der Waals surface area contributed by atoms with Crippen molar-refractivity contribution in [3.8, 4) is 0 Å². The van der Waals surface area contributed by atoms with Gasteiger partial charge in [-0.1, -0.05) is 0 Å². The number of alkyl halides is 3. The van der Waals surface area contributed by atoms with Crippen LogP contribution in [0, 0.1) is 5.82 Å². The van der Waals surface area contributed by atoms with Crippen LogP contribution in [-0.2, 0) is 6.54 Å². The zero-order valence-corrected chi connectivity index (χ0v) is 9.34. The van der Waals surface area contributed by atoms with E-state index in [1.807, 2.05) is 0 Å². The van der Waals surface area contributed by atoms with Crippen LogP contribution < -0.4 is 0 Å². The van der Waals surface area contributed by atoms with Gasteiger partial charge in [-0.25, -0.2) is 4.39 Å². The fraction of sp³-hybridized carbons (Fsp3) is 0.417. The molecule has 0 aliphatic heterocycles. The van der Waals surface area contributed by atoms with E-state index in [2.05, 4.69) is 4.98 Å². The molecule has 2 heterocycles. The molecule has 2 aromatic rings. The molecule has 1 fully saturated rings. The van der Waals surface area contributed by atoms with E-state index in [-0.39, 0.29) is 10.9 Å². The molecule has 2 nitrogen and oxygen atoms in total.